The highest BCUT2D eigenvalue weighted by Crippen LogP contribution is 2.26. The molecule has 0 spiro atoms. The summed E-state index contributed by atoms with van der Waals surface area (Å²) in [4.78, 5) is 35.4. The Morgan fingerprint density at radius 3 is 2.42 bits per heavy atom. The number of rotatable bonds is 4. The maximum Gasteiger partial charge on any atom is 0.325 e. The number of carboxylic acid groups (broad SMARTS) is 1. The molecule has 0 bridgehead atoms. The van der Waals surface area contributed by atoms with Crippen LogP contribution in [0.5, 0.6) is 0 Å². The fourth-order valence-corrected chi connectivity index (χ4v) is 1.97. The Morgan fingerprint density at radius 1 is 1.32 bits per heavy atom. The SMILES string of the molecule is CC1C(=O)N(Cc2cn(CC(=O)O)nn2)C(=O)C1C. The van der Waals surface area contributed by atoms with Gasteiger partial charge in [0.15, 0.2) is 0 Å². The molecule has 8 nitrogen and oxygen atoms in total. The van der Waals surface area contributed by atoms with E-state index in [1.165, 1.54) is 6.20 Å². The maximum atomic E-state index is 11.9. The van der Waals surface area contributed by atoms with Crippen molar-refractivity contribution in [2.75, 3.05) is 0 Å². The third-order valence-electron chi connectivity index (χ3n) is 3.26. The number of hydrogen-bond donors (Lipinski definition) is 1. The summed E-state index contributed by atoms with van der Waals surface area (Å²) in [7, 11) is 0. The van der Waals surface area contributed by atoms with Gasteiger partial charge in [-0.25, -0.2) is 4.68 Å². The minimum Gasteiger partial charge on any atom is -0.480 e. The first kappa shape index (κ1) is 13.2. The molecular weight excluding hydrogens is 252 g/mol. The Hall–Kier alpha value is -2.25. The first-order valence-electron chi connectivity index (χ1n) is 5.86. The molecule has 2 rings (SSSR count). The molecule has 1 aliphatic heterocycles. The Bertz CT molecular complexity index is 519. The van der Waals surface area contributed by atoms with E-state index in [9.17, 15) is 14.4 Å². The van der Waals surface area contributed by atoms with Crippen LogP contribution < -0.4 is 0 Å². The van der Waals surface area contributed by atoms with Gasteiger partial charge in [0.05, 0.1) is 12.7 Å². The molecule has 1 N–H and O–H groups in total. The zero-order valence-corrected chi connectivity index (χ0v) is 10.6. The highest BCUT2D eigenvalue weighted by Gasteiger charge is 2.42. The van der Waals surface area contributed by atoms with Crippen LogP contribution in [0.25, 0.3) is 0 Å². The van der Waals surface area contributed by atoms with Gasteiger partial charge in [-0.05, 0) is 0 Å². The summed E-state index contributed by atoms with van der Waals surface area (Å²) < 4.78 is 1.15. The standard InChI is InChI=1S/C11H14N4O4/c1-6-7(2)11(19)15(10(6)18)4-8-3-14(13-12-8)5-9(16)17/h3,6-7H,4-5H2,1-2H3,(H,16,17). The van der Waals surface area contributed by atoms with E-state index in [0.717, 1.165) is 9.58 Å². The quantitative estimate of drug-likeness (QED) is 0.737. The Kier molecular flexibility index (Phi) is 3.32. The van der Waals surface area contributed by atoms with Gasteiger partial charge in [-0.1, -0.05) is 19.1 Å². The van der Waals surface area contributed by atoms with Gasteiger partial charge in [-0.3, -0.25) is 19.3 Å². The molecule has 102 valence electrons. The largest absolute Gasteiger partial charge is 0.480 e. The van der Waals surface area contributed by atoms with Crippen molar-refractivity contribution in [3.05, 3.63) is 11.9 Å². The molecule has 1 aromatic heterocycles. The van der Waals surface area contributed by atoms with Crippen molar-refractivity contribution in [2.24, 2.45) is 11.8 Å². The minimum atomic E-state index is -1.04. The number of carboxylic acids is 1. The number of nitrogens with zero attached hydrogens (tertiary/aromatic N) is 4. The molecule has 1 aromatic rings. The van der Waals surface area contributed by atoms with Crippen LogP contribution in [0, 0.1) is 11.8 Å². The predicted molar refractivity (Wildman–Crippen MR) is 61.5 cm³/mol. The normalized spacial score (nSPS) is 23.2. The van der Waals surface area contributed by atoms with Crippen LogP contribution >= 0.6 is 0 Å². The lowest BCUT2D eigenvalue weighted by molar-refractivity contribution is -0.141. The van der Waals surface area contributed by atoms with Crippen molar-refractivity contribution in [1.82, 2.24) is 19.9 Å². The highest BCUT2D eigenvalue weighted by atomic mass is 16.4. The summed E-state index contributed by atoms with van der Waals surface area (Å²) in [5, 5.41) is 16.0. The van der Waals surface area contributed by atoms with Crippen molar-refractivity contribution in [3.8, 4) is 0 Å². The second-order valence-corrected chi connectivity index (χ2v) is 4.64. The van der Waals surface area contributed by atoms with Gasteiger partial charge < -0.3 is 5.11 Å². The van der Waals surface area contributed by atoms with Gasteiger partial charge in [0, 0.05) is 11.8 Å². The van der Waals surface area contributed by atoms with Crippen molar-refractivity contribution in [3.63, 3.8) is 0 Å². The van der Waals surface area contributed by atoms with Crippen LogP contribution in [0.4, 0.5) is 0 Å². The summed E-state index contributed by atoms with van der Waals surface area (Å²) in [6.07, 6.45) is 1.42. The lowest BCUT2D eigenvalue weighted by Crippen LogP contribution is -2.30. The van der Waals surface area contributed by atoms with Crippen molar-refractivity contribution >= 4 is 17.8 Å². The second-order valence-electron chi connectivity index (χ2n) is 4.64. The van der Waals surface area contributed by atoms with Crippen molar-refractivity contribution in [2.45, 2.75) is 26.9 Å². The van der Waals surface area contributed by atoms with E-state index in [-0.39, 0.29) is 36.7 Å². The van der Waals surface area contributed by atoms with Crippen molar-refractivity contribution in [1.29, 1.82) is 0 Å². The molecule has 2 unspecified atom stereocenters. The van der Waals surface area contributed by atoms with E-state index in [2.05, 4.69) is 10.3 Å². The number of aromatic nitrogens is 3. The fraction of sp³-hybridized carbons (Fsp3) is 0.545. The summed E-state index contributed by atoms with van der Waals surface area (Å²) in [5.74, 6) is -2.16. The maximum absolute atomic E-state index is 11.9. The second kappa shape index (κ2) is 4.79. The van der Waals surface area contributed by atoms with Gasteiger partial charge >= 0.3 is 5.97 Å². The van der Waals surface area contributed by atoms with E-state index < -0.39 is 5.97 Å². The molecule has 1 saturated heterocycles. The minimum absolute atomic E-state index is 0.0337. The van der Waals surface area contributed by atoms with Crippen LogP contribution in [0.3, 0.4) is 0 Å². The molecule has 19 heavy (non-hydrogen) atoms. The first-order valence-corrected chi connectivity index (χ1v) is 5.86. The molecule has 1 fully saturated rings. The molecule has 0 aromatic carbocycles. The van der Waals surface area contributed by atoms with Crippen LogP contribution in [0.15, 0.2) is 6.20 Å². The van der Waals surface area contributed by atoms with E-state index in [0.29, 0.717) is 5.69 Å². The molecule has 8 heteroatoms. The third-order valence-corrected chi connectivity index (χ3v) is 3.26. The Balaban J connectivity index is 2.09. The summed E-state index contributed by atoms with van der Waals surface area (Å²) in [5.41, 5.74) is 0.393. The Labute approximate surface area is 109 Å². The number of likely N-dealkylation sites (tertiary alicyclic amines) is 1. The average Bonchev–Trinajstić information content (AvgIpc) is 2.84. The summed E-state index contributed by atoms with van der Waals surface area (Å²) in [6.45, 7) is 3.16. The number of aliphatic carboxylic acids is 1. The highest BCUT2D eigenvalue weighted by molar-refractivity contribution is 6.04. The third kappa shape index (κ3) is 2.47. The van der Waals surface area contributed by atoms with Gasteiger partial charge in [0.25, 0.3) is 0 Å². The molecule has 2 amide bonds. The zero-order valence-electron chi connectivity index (χ0n) is 10.6. The summed E-state index contributed by atoms with van der Waals surface area (Å²) in [6, 6.07) is 0. The number of carbonyl (C=O) groups excluding carboxylic acids is 2. The topological polar surface area (TPSA) is 105 Å². The number of hydrogen-bond acceptors (Lipinski definition) is 5. The predicted octanol–water partition coefficient (Wildman–Crippen LogP) is -0.496. The molecule has 0 aliphatic carbocycles. The number of imide groups is 1. The Morgan fingerprint density at radius 2 is 1.89 bits per heavy atom. The van der Waals surface area contributed by atoms with E-state index in [4.69, 9.17) is 5.11 Å². The van der Waals surface area contributed by atoms with Crippen LogP contribution in [-0.2, 0) is 27.5 Å². The molecule has 2 atom stereocenters. The molecule has 2 heterocycles. The monoisotopic (exact) mass is 266 g/mol. The molecular formula is C11H14N4O4. The number of amides is 2. The van der Waals surface area contributed by atoms with Gasteiger partial charge in [0.1, 0.15) is 12.2 Å². The van der Waals surface area contributed by atoms with Gasteiger partial charge in [0.2, 0.25) is 11.8 Å². The van der Waals surface area contributed by atoms with Crippen molar-refractivity contribution < 1.29 is 19.5 Å². The summed E-state index contributed by atoms with van der Waals surface area (Å²) >= 11 is 0. The van der Waals surface area contributed by atoms with E-state index in [1.54, 1.807) is 13.8 Å². The molecule has 0 saturated carbocycles. The van der Waals surface area contributed by atoms with E-state index in [1.807, 2.05) is 0 Å². The zero-order chi connectivity index (χ0) is 14.2. The smallest absolute Gasteiger partial charge is 0.325 e. The van der Waals surface area contributed by atoms with Crippen LogP contribution in [-0.4, -0.2) is 42.8 Å². The lowest BCUT2D eigenvalue weighted by Gasteiger charge is -2.11. The van der Waals surface area contributed by atoms with Gasteiger partial charge in [-0.2, -0.15) is 0 Å². The number of carbonyl (C=O) groups is 3. The van der Waals surface area contributed by atoms with Crippen LogP contribution in [0.2, 0.25) is 0 Å². The first-order chi connectivity index (χ1) is 8.90. The van der Waals surface area contributed by atoms with E-state index >= 15 is 0 Å². The average molecular weight is 266 g/mol. The molecule has 1 aliphatic rings. The van der Waals surface area contributed by atoms with Gasteiger partial charge in [-0.15, -0.1) is 5.10 Å². The van der Waals surface area contributed by atoms with Crippen LogP contribution in [0.1, 0.15) is 19.5 Å². The molecule has 0 radical (unpaired) electrons. The lowest BCUT2D eigenvalue weighted by atomic mass is 10.00. The fourth-order valence-electron chi connectivity index (χ4n) is 1.97.